The van der Waals surface area contributed by atoms with E-state index in [2.05, 4.69) is 5.32 Å². The number of phenols is 1. The summed E-state index contributed by atoms with van der Waals surface area (Å²) in [6.07, 6.45) is 0. The van der Waals surface area contributed by atoms with Crippen LogP contribution < -0.4 is 10.1 Å². The summed E-state index contributed by atoms with van der Waals surface area (Å²) in [6.45, 7) is 1.93. The molecule has 1 unspecified atom stereocenters. The zero-order valence-corrected chi connectivity index (χ0v) is 12.3. The maximum Gasteiger partial charge on any atom is 0.120 e. The van der Waals surface area contributed by atoms with E-state index in [9.17, 15) is 10.2 Å². The molecule has 0 aromatic heterocycles. The van der Waals surface area contributed by atoms with Crippen molar-refractivity contribution in [2.45, 2.75) is 19.0 Å². The fraction of sp³-hybridized carbons (Fsp3) is 0.294. The molecular formula is C17H21NO3. The van der Waals surface area contributed by atoms with E-state index in [1.54, 1.807) is 25.3 Å². The van der Waals surface area contributed by atoms with Crippen molar-refractivity contribution < 1.29 is 14.9 Å². The Bertz CT molecular complexity index is 572. The summed E-state index contributed by atoms with van der Waals surface area (Å²) in [5.74, 6) is 0.900. The minimum absolute atomic E-state index is 0.0148. The number of hydrogen-bond donors (Lipinski definition) is 3. The van der Waals surface area contributed by atoms with Crippen LogP contribution in [0.5, 0.6) is 11.5 Å². The Labute approximate surface area is 125 Å². The molecule has 0 spiro atoms. The molecule has 0 saturated heterocycles. The topological polar surface area (TPSA) is 61.7 Å². The molecule has 3 N–H and O–H groups in total. The molecular weight excluding hydrogens is 266 g/mol. The zero-order valence-electron chi connectivity index (χ0n) is 12.3. The van der Waals surface area contributed by atoms with Gasteiger partial charge in [0.25, 0.3) is 0 Å². The Morgan fingerprint density at radius 3 is 2.48 bits per heavy atom. The van der Waals surface area contributed by atoms with Crippen molar-refractivity contribution in [3.05, 3.63) is 59.7 Å². The number of aliphatic hydroxyl groups excluding tert-OH is 1. The van der Waals surface area contributed by atoms with Crippen molar-refractivity contribution in [3.8, 4) is 11.5 Å². The number of nitrogens with one attached hydrogen (secondary N) is 1. The van der Waals surface area contributed by atoms with E-state index in [4.69, 9.17) is 4.74 Å². The van der Waals surface area contributed by atoms with Crippen LogP contribution in [0.4, 0.5) is 0 Å². The normalized spacial score (nSPS) is 13.7. The number of aliphatic hydroxyl groups is 1. The van der Waals surface area contributed by atoms with Gasteiger partial charge in [0.05, 0.1) is 19.8 Å². The summed E-state index contributed by atoms with van der Waals surface area (Å²) < 4.78 is 5.19. The molecule has 0 heterocycles. The van der Waals surface area contributed by atoms with E-state index in [-0.39, 0.29) is 24.4 Å². The van der Waals surface area contributed by atoms with E-state index in [1.807, 2.05) is 37.3 Å². The molecule has 0 bridgehead atoms. The fourth-order valence-electron chi connectivity index (χ4n) is 2.34. The van der Waals surface area contributed by atoms with E-state index in [0.29, 0.717) is 5.75 Å². The summed E-state index contributed by atoms with van der Waals surface area (Å²) in [6, 6.07) is 14.6. The quantitative estimate of drug-likeness (QED) is 0.764. The second-order valence-electron chi connectivity index (χ2n) is 4.96. The number of benzene rings is 2. The predicted octanol–water partition coefficient (Wildman–Crippen LogP) is 2.79. The average molecular weight is 287 g/mol. The first kappa shape index (κ1) is 15.4. The van der Waals surface area contributed by atoms with Crippen LogP contribution in [0.15, 0.2) is 48.5 Å². The maximum atomic E-state index is 10.00. The van der Waals surface area contributed by atoms with E-state index >= 15 is 0 Å². The van der Waals surface area contributed by atoms with Gasteiger partial charge in [-0.15, -0.1) is 0 Å². The van der Waals surface area contributed by atoms with Gasteiger partial charge in [0.1, 0.15) is 11.5 Å². The molecule has 2 atom stereocenters. The minimum atomic E-state index is -0.188. The van der Waals surface area contributed by atoms with Gasteiger partial charge >= 0.3 is 0 Å². The van der Waals surface area contributed by atoms with Crippen LogP contribution in [0.1, 0.15) is 30.1 Å². The molecule has 0 aliphatic rings. The van der Waals surface area contributed by atoms with Crippen molar-refractivity contribution in [1.82, 2.24) is 5.32 Å². The van der Waals surface area contributed by atoms with Gasteiger partial charge < -0.3 is 20.3 Å². The number of phenolic OH excluding ortho intramolecular Hbond substituents is 1. The fourth-order valence-corrected chi connectivity index (χ4v) is 2.34. The lowest BCUT2D eigenvalue weighted by Gasteiger charge is -2.23. The van der Waals surface area contributed by atoms with E-state index in [0.717, 1.165) is 11.1 Å². The van der Waals surface area contributed by atoms with Gasteiger partial charge in [-0.3, -0.25) is 0 Å². The van der Waals surface area contributed by atoms with Crippen molar-refractivity contribution in [1.29, 1.82) is 0 Å². The largest absolute Gasteiger partial charge is 0.508 e. The number of methoxy groups -OCH3 is 1. The second kappa shape index (κ2) is 7.11. The van der Waals surface area contributed by atoms with Crippen LogP contribution >= 0.6 is 0 Å². The molecule has 0 fully saturated rings. The summed E-state index contributed by atoms with van der Waals surface area (Å²) in [7, 11) is 1.59. The molecule has 0 aliphatic carbocycles. The molecule has 112 valence electrons. The summed E-state index contributed by atoms with van der Waals surface area (Å²) >= 11 is 0. The summed E-state index contributed by atoms with van der Waals surface area (Å²) in [5.41, 5.74) is 1.75. The lowest BCUT2D eigenvalue weighted by Crippen LogP contribution is -2.27. The summed E-state index contributed by atoms with van der Waals surface area (Å²) in [5, 5.41) is 22.9. The van der Waals surface area contributed by atoms with Crippen LogP contribution in [-0.2, 0) is 0 Å². The molecule has 0 saturated carbocycles. The van der Waals surface area contributed by atoms with E-state index in [1.165, 1.54) is 0 Å². The Balaban J connectivity index is 2.18. The summed E-state index contributed by atoms with van der Waals surface area (Å²) in [4.78, 5) is 0. The van der Waals surface area contributed by atoms with Crippen molar-refractivity contribution in [3.63, 3.8) is 0 Å². The highest BCUT2D eigenvalue weighted by atomic mass is 16.5. The van der Waals surface area contributed by atoms with Gasteiger partial charge in [-0.25, -0.2) is 0 Å². The van der Waals surface area contributed by atoms with Crippen LogP contribution in [0, 0.1) is 0 Å². The lowest BCUT2D eigenvalue weighted by molar-refractivity contribution is 0.234. The average Bonchev–Trinajstić information content (AvgIpc) is 2.53. The lowest BCUT2D eigenvalue weighted by atomic mass is 10.0. The first-order valence-corrected chi connectivity index (χ1v) is 6.94. The van der Waals surface area contributed by atoms with Crippen molar-refractivity contribution in [2.75, 3.05) is 13.7 Å². The monoisotopic (exact) mass is 287 g/mol. The standard InChI is InChI=1S/C17H21NO3/c1-12(15-10-14(21-2)8-9-17(15)20)18-16(11-19)13-6-4-3-5-7-13/h3-10,12,16,18-20H,11H2,1-2H3/t12?,16-/m0/s1. The van der Waals surface area contributed by atoms with Crippen LogP contribution in [0.3, 0.4) is 0 Å². The van der Waals surface area contributed by atoms with Gasteiger partial charge in [-0.05, 0) is 30.7 Å². The Kier molecular flexibility index (Phi) is 5.20. The third-order valence-electron chi connectivity index (χ3n) is 3.54. The first-order chi connectivity index (χ1) is 10.2. The van der Waals surface area contributed by atoms with Crippen LogP contribution in [-0.4, -0.2) is 23.9 Å². The highest BCUT2D eigenvalue weighted by molar-refractivity contribution is 5.41. The first-order valence-electron chi connectivity index (χ1n) is 6.94. The van der Waals surface area contributed by atoms with Crippen LogP contribution in [0.2, 0.25) is 0 Å². The molecule has 0 amide bonds. The molecule has 2 aromatic carbocycles. The molecule has 2 aromatic rings. The predicted molar refractivity (Wildman–Crippen MR) is 82.5 cm³/mol. The third-order valence-corrected chi connectivity index (χ3v) is 3.54. The number of rotatable bonds is 6. The smallest absolute Gasteiger partial charge is 0.120 e. The molecule has 0 aliphatic heterocycles. The highest BCUT2D eigenvalue weighted by Gasteiger charge is 2.17. The molecule has 4 heteroatoms. The molecule has 21 heavy (non-hydrogen) atoms. The number of ether oxygens (including phenoxy) is 1. The van der Waals surface area contributed by atoms with Crippen LogP contribution in [0.25, 0.3) is 0 Å². The zero-order chi connectivity index (χ0) is 15.2. The van der Waals surface area contributed by atoms with Gasteiger partial charge in [-0.2, -0.15) is 0 Å². The van der Waals surface area contributed by atoms with Gasteiger partial charge in [0, 0.05) is 11.6 Å². The minimum Gasteiger partial charge on any atom is -0.508 e. The Morgan fingerprint density at radius 1 is 1.14 bits per heavy atom. The van der Waals surface area contributed by atoms with Gasteiger partial charge in [0.15, 0.2) is 0 Å². The molecule has 4 nitrogen and oxygen atoms in total. The highest BCUT2D eigenvalue weighted by Crippen LogP contribution is 2.29. The van der Waals surface area contributed by atoms with Gasteiger partial charge in [0.2, 0.25) is 0 Å². The third kappa shape index (κ3) is 3.74. The second-order valence-corrected chi connectivity index (χ2v) is 4.96. The van der Waals surface area contributed by atoms with Gasteiger partial charge in [-0.1, -0.05) is 30.3 Å². The molecule has 2 rings (SSSR count). The molecule has 0 radical (unpaired) electrons. The number of aromatic hydroxyl groups is 1. The number of hydrogen-bond acceptors (Lipinski definition) is 4. The Hall–Kier alpha value is -2.04. The Morgan fingerprint density at radius 2 is 1.86 bits per heavy atom. The SMILES string of the molecule is COc1ccc(O)c(C(C)N[C@@H](CO)c2ccccc2)c1. The van der Waals surface area contributed by atoms with Crippen molar-refractivity contribution in [2.24, 2.45) is 0 Å². The van der Waals surface area contributed by atoms with E-state index < -0.39 is 0 Å². The maximum absolute atomic E-state index is 10.00. The van der Waals surface area contributed by atoms with Crippen molar-refractivity contribution >= 4 is 0 Å².